The van der Waals surface area contributed by atoms with Crippen molar-refractivity contribution in [3.05, 3.63) is 39.2 Å². The number of aryl methyl sites for hydroxylation is 2. The third-order valence-electron chi connectivity index (χ3n) is 4.19. The van der Waals surface area contributed by atoms with Crippen molar-refractivity contribution in [1.82, 2.24) is 14.8 Å². The fourth-order valence-corrected chi connectivity index (χ4v) is 4.57. The first-order chi connectivity index (χ1) is 11.1. The minimum Gasteiger partial charge on any atom is -0.291 e. The number of fused-ring (bicyclic) bond motifs is 3. The number of aromatic nitrogens is 3. The van der Waals surface area contributed by atoms with E-state index in [1.165, 1.54) is 10.6 Å². The van der Waals surface area contributed by atoms with Crippen molar-refractivity contribution in [3.8, 4) is 11.3 Å². The van der Waals surface area contributed by atoms with Gasteiger partial charge in [0.15, 0.2) is 5.13 Å². The molecule has 3 heterocycles. The fourth-order valence-electron chi connectivity index (χ4n) is 2.84. The standard InChI is InChI=1S/C16H16N4OS2/c1-19(14(21)7-10-5-6-22-9-10)16-18-15-11-8-17-20(2)12(11)3-4-13(15)23-16/h5-6,8-9H,3-4,7H2,1-2H3. The van der Waals surface area contributed by atoms with Crippen LogP contribution in [0.2, 0.25) is 0 Å². The highest BCUT2D eigenvalue weighted by Gasteiger charge is 2.26. The zero-order valence-corrected chi connectivity index (χ0v) is 14.6. The number of rotatable bonds is 3. The summed E-state index contributed by atoms with van der Waals surface area (Å²) in [6.07, 6.45) is 4.24. The van der Waals surface area contributed by atoms with E-state index in [0.29, 0.717) is 6.42 Å². The van der Waals surface area contributed by atoms with E-state index in [1.807, 2.05) is 41.8 Å². The summed E-state index contributed by atoms with van der Waals surface area (Å²) in [5, 5.41) is 9.12. The van der Waals surface area contributed by atoms with Gasteiger partial charge in [0.25, 0.3) is 0 Å². The van der Waals surface area contributed by atoms with Crippen LogP contribution < -0.4 is 4.90 Å². The Morgan fingerprint density at radius 3 is 3.09 bits per heavy atom. The van der Waals surface area contributed by atoms with E-state index in [1.54, 1.807) is 27.6 Å². The molecule has 0 saturated heterocycles. The van der Waals surface area contributed by atoms with E-state index >= 15 is 0 Å². The second kappa shape index (κ2) is 5.58. The summed E-state index contributed by atoms with van der Waals surface area (Å²) in [5.74, 6) is 0.0703. The summed E-state index contributed by atoms with van der Waals surface area (Å²) < 4.78 is 1.92. The van der Waals surface area contributed by atoms with Crippen molar-refractivity contribution in [2.75, 3.05) is 11.9 Å². The highest BCUT2D eigenvalue weighted by atomic mass is 32.1. The smallest absolute Gasteiger partial charge is 0.232 e. The molecule has 4 rings (SSSR count). The predicted molar refractivity (Wildman–Crippen MR) is 93.2 cm³/mol. The van der Waals surface area contributed by atoms with Crippen molar-refractivity contribution in [2.45, 2.75) is 19.3 Å². The van der Waals surface area contributed by atoms with E-state index in [9.17, 15) is 4.79 Å². The molecule has 7 heteroatoms. The van der Waals surface area contributed by atoms with Crippen LogP contribution >= 0.6 is 22.7 Å². The third kappa shape index (κ3) is 2.49. The zero-order valence-electron chi connectivity index (χ0n) is 12.9. The maximum Gasteiger partial charge on any atom is 0.232 e. The molecule has 1 aliphatic rings. The van der Waals surface area contributed by atoms with Crippen LogP contribution in [0.15, 0.2) is 23.0 Å². The Hall–Kier alpha value is -1.99. The predicted octanol–water partition coefficient (Wildman–Crippen LogP) is 2.91. The lowest BCUT2D eigenvalue weighted by Crippen LogP contribution is -2.27. The van der Waals surface area contributed by atoms with Gasteiger partial charge in [0, 0.05) is 30.2 Å². The summed E-state index contributed by atoms with van der Waals surface area (Å²) in [6.45, 7) is 0. The molecule has 0 unspecified atom stereocenters. The van der Waals surface area contributed by atoms with Crippen LogP contribution in [0.3, 0.4) is 0 Å². The van der Waals surface area contributed by atoms with Crippen molar-refractivity contribution in [3.63, 3.8) is 0 Å². The van der Waals surface area contributed by atoms with Gasteiger partial charge in [-0.15, -0.1) is 11.3 Å². The van der Waals surface area contributed by atoms with Gasteiger partial charge in [-0.05, 0) is 35.2 Å². The van der Waals surface area contributed by atoms with Crippen LogP contribution in [-0.4, -0.2) is 27.7 Å². The molecule has 1 aliphatic carbocycles. The van der Waals surface area contributed by atoms with E-state index in [2.05, 4.69) is 5.10 Å². The van der Waals surface area contributed by atoms with Gasteiger partial charge in [0.2, 0.25) is 5.91 Å². The Morgan fingerprint density at radius 2 is 2.30 bits per heavy atom. The van der Waals surface area contributed by atoms with Gasteiger partial charge in [-0.2, -0.15) is 16.4 Å². The molecule has 1 amide bonds. The monoisotopic (exact) mass is 344 g/mol. The summed E-state index contributed by atoms with van der Waals surface area (Å²) in [7, 11) is 3.77. The SMILES string of the molecule is CN(C(=O)Cc1ccsc1)c1nc2c(s1)CCc1c-2cnn1C. The topological polar surface area (TPSA) is 51.0 Å². The molecular formula is C16H16N4OS2. The number of thiophene rings is 1. The lowest BCUT2D eigenvalue weighted by Gasteiger charge is -2.13. The second-order valence-corrected chi connectivity index (χ2v) is 7.50. The molecule has 0 saturated carbocycles. The van der Waals surface area contributed by atoms with Crippen molar-refractivity contribution < 1.29 is 4.79 Å². The molecule has 118 valence electrons. The van der Waals surface area contributed by atoms with Crippen molar-refractivity contribution >= 4 is 33.7 Å². The second-order valence-electron chi connectivity index (χ2n) is 5.66. The van der Waals surface area contributed by atoms with Crippen LogP contribution in [0.25, 0.3) is 11.3 Å². The molecule has 0 aromatic carbocycles. The Morgan fingerprint density at radius 1 is 1.43 bits per heavy atom. The Bertz CT molecular complexity index is 863. The van der Waals surface area contributed by atoms with E-state index in [4.69, 9.17) is 4.98 Å². The highest BCUT2D eigenvalue weighted by molar-refractivity contribution is 7.16. The zero-order chi connectivity index (χ0) is 16.0. The number of carbonyl (C=O) groups excluding carboxylic acids is 1. The van der Waals surface area contributed by atoms with Crippen LogP contribution in [0, 0.1) is 0 Å². The Balaban J connectivity index is 1.62. The Labute approximate surface area is 142 Å². The molecule has 5 nitrogen and oxygen atoms in total. The summed E-state index contributed by atoms with van der Waals surface area (Å²) in [4.78, 5) is 20.1. The number of hydrogen-bond acceptors (Lipinski definition) is 5. The minimum atomic E-state index is 0.0703. The molecular weight excluding hydrogens is 328 g/mol. The van der Waals surface area contributed by atoms with E-state index in [0.717, 1.165) is 34.8 Å². The molecule has 3 aromatic rings. The maximum absolute atomic E-state index is 12.5. The fraction of sp³-hybridized carbons (Fsp3) is 0.312. The first kappa shape index (κ1) is 14.6. The molecule has 0 bridgehead atoms. The molecule has 0 N–H and O–H groups in total. The van der Waals surface area contributed by atoms with Gasteiger partial charge in [0.1, 0.15) is 0 Å². The summed E-state index contributed by atoms with van der Waals surface area (Å²) in [6, 6.07) is 1.99. The number of hydrogen-bond donors (Lipinski definition) is 0. The van der Waals surface area contributed by atoms with Gasteiger partial charge in [-0.25, -0.2) is 4.98 Å². The van der Waals surface area contributed by atoms with Gasteiger partial charge >= 0.3 is 0 Å². The average Bonchev–Trinajstić information content (AvgIpc) is 3.25. The van der Waals surface area contributed by atoms with Gasteiger partial charge < -0.3 is 0 Å². The van der Waals surface area contributed by atoms with Crippen LogP contribution in [-0.2, 0) is 31.1 Å². The molecule has 3 aromatic heterocycles. The van der Waals surface area contributed by atoms with Crippen LogP contribution in [0.5, 0.6) is 0 Å². The van der Waals surface area contributed by atoms with E-state index in [-0.39, 0.29) is 5.91 Å². The number of nitrogens with zero attached hydrogens (tertiary/aromatic N) is 4. The van der Waals surface area contributed by atoms with Crippen LogP contribution in [0.4, 0.5) is 5.13 Å². The third-order valence-corrected chi connectivity index (χ3v) is 6.11. The quantitative estimate of drug-likeness (QED) is 0.734. The van der Waals surface area contributed by atoms with Crippen molar-refractivity contribution in [2.24, 2.45) is 7.05 Å². The molecule has 23 heavy (non-hydrogen) atoms. The first-order valence-electron chi connectivity index (χ1n) is 7.42. The normalized spacial score (nSPS) is 12.8. The largest absolute Gasteiger partial charge is 0.291 e. The van der Waals surface area contributed by atoms with Crippen LogP contribution in [0.1, 0.15) is 16.1 Å². The number of amides is 1. The molecule has 0 aliphatic heterocycles. The minimum absolute atomic E-state index is 0.0703. The summed E-state index contributed by atoms with van der Waals surface area (Å²) >= 11 is 3.23. The number of anilines is 1. The van der Waals surface area contributed by atoms with Gasteiger partial charge in [0.05, 0.1) is 18.3 Å². The van der Waals surface area contributed by atoms with Gasteiger partial charge in [-0.1, -0.05) is 0 Å². The molecule has 0 radical (unpaired) electrons. The number of likely N-dealkylation sites (N-methyl/N-ethyl adjacent to an activating group) is 1. The van der Waals surface area contributed by atoms with Gasteiger partial charge in [-0.3, -0.25) is 14.4 Å². The number of thiazole rings is 1. The lowest BCUT2D eigenvalue weighted by atomic mass is 10.0. The highest BCUT2D eigenvalue weighted by Crippen LogP contribution is 2.38. The average molecular weight is 344 g/mol. The molecule has 0 atom stereocenters. The lowest BCUT2D eigenvalue weighted by molar-refractivity contribution is -0.117. The number of carbonyl (C=O) groups is 1. The maximum atomic E-state index is 12.5. The van der Waals surface area contributed by atoms with Crippen molar-refractivity contribution in [1.29, 1.82) is 0 Å². The first-order valence-corrected chi connectivity index (χ1v) is 9.18. The summed E-state index contributed by atoms with van der Waals surface area (Å²) in [5.41, 5.74) is 4.38. The molecule has 0 spiro atoms. The van der Waals surface area contributed by atoms with E-state index < -0.39 is 0 Å². The molecule has 0 fully saturated rings. The Kier molecular flexibility index (Phi) is 3.54.